The molecule has 2 nitrogen and oxygen atoms in total. The summed E-state index contributed by atoms with van der Waals surface area (Å²) in [5.74, 6) is 0. The van der Waals surface area contributed by atoms with E-state index in [0.29, 0.717) is 9.92 Å². The van der Waals surface area contributed by atoms with E-state index in [0.717, 1.165) is 10.4 Å². The molecule has 0 aliphatic carbocycles. The Morgan fingerprint density at radius 3 is 2.61 bits per heavy atom. The summed E-state index contributed by atoms with van der Waals surface area (Å²) in [6, 6.07) is 8.71. The first-order valence-electron chi connectivity index (χ1n) is 5.06. The smallest absolute Gasteiger partial charge is 0.175 e. The van der Waals surface area contributed by atoms with Crippen LogP contribution in [0.15, 0.2) is 40.6 Å². The van der Waals surface area contributed by atoms with Crippen molar-refractivity contribution in [3.63, 3.8) is 0 Å². The molecule has 0 bridgehead atoms. The number of thiophene rings is 1. The highest BCUT2D eigenvalue weighted by Gasteiger charge is 2.17. The minimum atomic E-state index is -3.19. The molecule has 0 radical (unpaired) electrons. The lowest BCUT2D eigenvalue weighted by molar-refractivity contribution is 0.602. The van der Waals surface area contributed by atoms with Crippen molar-refractivity contribution in [1.82, 2.24) is 0 Å². The molecule has 6 heteroatoms. The van der Waals surface area contributed by atoms with Crippen LogP contribution < -0.4 is 0 Å². The number of rotatable bonds is 3. The van der Waals surface area contributed by atoms with Crippen molar-refractivity contribution in [2.24, 2.45) is 0 Å². The second-order valence-electron chi connectivity index (χ2n) is 3.84. The first kappa shape index (κ1) is 14.1. The van der Waals surface area contributed by atoms with Gasteiger partial charge in [0.1, 0.15) is 0 Å². The third-order valence-electron chi connectivity index (χ3n) is 2.45. The van der Waals surface area contributed by atoms with Gasteiger partial charge in [-0.25, -0.2) is 8.42 Å². The van der Waals surface area contributed by atoms with Crippen molar-refractivity contribution in [2.75, 3.05) is 6.26 Å². The average molecular weight is 366 g/mol. The maximum Gasteiger partial charge on any atom is 0.175 e. The van der Waals surface area contributed by atoms with E-state index in [1.54, 1.807) is 18.2 Å². The number of hydrogen-bond acceptors (Lipinski definition) is 3. The fraction of sp³-hybridized carbons (Fsp3) is 0.167. The highest BCUT2D eigenvalue weighted by molar-refractivity contribution is 9.09. The van der Waals surface area contributed by atoms with Crippen molar-refractivity contribution in [2.45, 2.75) is 9.72 Å². The van der Waals surface area contributed by atoms with Gasteiger partial charge in [-0.3, -0.25) is 0 Å². The number of sulfone groups is 1. The van der Waals surface area contributed by atoms with Crippen molar-refractivity contribution in [3.8, 4) is 0 Å². The van der Waals surface area contributed by atoms with Crippen molar-refractivity contribution in [1.29, 1.82) is 0 Å². The largest absolute Gasteiger partial charge is 0.224 e. The summed E-state index contributed by atoms with van der Waals surface area (Å²) in [6.07, 6.45) is 1.20. The highest BCUT2D eigenvalue weighted by atomic mass is 79.9. The zero-order valence-corrected chi connectivity index (χ0v) is 13.4. The highest BCUT2D eigenvalue weighted by Crippen LogP contribution is 2.39. The van der Waals surface area contributed by atoms with Crippen LogP contribution in [0, 0.1) is 0 Å². The first-order valence-corrected chi connectivity index (χ1v) is 9.13. The summed E-state index contributed by atoms with van der Waals surface area (Å²) in [7, 11) is -3.19. The Kier molecular flexibility index (Phi) is 4.16. The zero-order chi connectivity index (χ0) is 13.3. The van der Waals surface area contributed by atoms with Gasteiger partial charge in [-0.2, -0.15) is 0 Å². The Labute approximate surface area is 124 Å². The van der Waals surface area contributed by atoms with Crippen LogP contribution in [0.5, 0.6) is 0 Å². The van der Waals surface area contributed by atoms with Crippen molar-refractivity contribution >= 4 is 48.7 Å². The van der Waals surface area contributed by atoms with Crippen LogP contribution in [-0.2, 0) is 9.84 Å². The molecule has 0 saturated heterocycles. The summed E-state index contributed by atoms with van der Waals surface area (Å²) in [5.41, 5.74) is 0.877. The minimum Gasteiger partial charge on any atom is -0.224 e. The van der Waals surface area contributed by atoms with Gasteiger partial charge in [-0.1, -0.05) is 39.7 Å². The standard InChI is InChI=1S/C12H10BrClO2S2/c1-18(15,16)9-4-2-3-8(7-9)11(13)12-10(14)5-6-17-12/h2-7,11H,1H3. The van der Waals surface area contributed by atoms with E-state index in [2.05, 4.69) is 15.9 Å². The number of benzene rings is 1. The van der Waals surface area contributed by atoms with Gasteiger partial charge in [0.15, 0.2) is 9.84 Å². The molecule has 0 spiro atoms. The molecular weight excluding hydrogens is 356 g/mol. The minimum absolute atomic E-state index is 0.0910. The second kappa shape index (κ2) is 5.33. The number of hydrogen-bond donors (Lipinski definition) is 0. The predicted octanol–water partition coefficient (Wildman–Crippen LogP) is 4.29. The van der Waals surface area contributed by atoms with E-state index >= 15 is 0 Å². The molecule has 2 rings (SSSR count). The quantitative estimate of drug-likeness (QED) is 0.760. The molecule has 0 fully saturated rings. The van der Waals surface area contributed by atoms with Crippen LogP contribution in [0.2, 0.25) is 5.02 Å². The van der Waals surface area contributed by atoms with Crippen LogP contribution in [-0.4, -0.2) is 14.7 Å². The molecule has 1 aromatic carbocycles. The van der Waals surface area contributed by atoms with Gasteiger partial charge in [-0.15, -0.1) is 11.3 Å². The first-order chi connectivity index (χ1) is 8.39. The Morgan fingerprint density at radius 1 is 1.33 bits per heavy atom. The maximum absolute atomic E-state index is 11.5. The molecular formula is C12H10BrClO2S2. The van der Waals surface area contributed by atoms with E-state index in [1.165, 1.54) is 17.6 Å². The van der Waals surface area contributed by atoms with Gasteiger partial charge < -0.3 is 0 Å². The molecule has 1 unspecified atom stereocenters. The van der Waals surface area contributed by atoms with Crippen LogP contribution >= 0.6 is 38.9 Å². The SMILES string of the molecule is CS(=O)(=O)c1cccc(C(Br)c2sccc2Cl)c1. The van der Waals surface area contributed by atoms with Crippen LogP contribution in [0.25, 0.3) is 0 Å². The predicted molar refractivity (Wildman–Crippen MR) is 79.7 cm³/mol. The maximum atomic E-state index is 11.5. The molecule has 0 N–H and O–H groups in total. The van der Waals surface area contributed by atoms with Gasteiger partial charge in [0.2, 0.25) is 0 Å². The third kappa shape index (κ3) is 2.96. The zero-order valence-electron chi connectivity index (χ0n) is 9.43. The molecule has 2 aromatic rings. The fourth-order valence-corrected chi connectivity index (χ4v) is 4.37. The van der Waals surface area contributed by atoms with E-state index in [-0.39, 0.29) is 4.83 Å². The molecule has 0 aliphatic heterocycles. The average Bonchev–Trinajstić information content (AvgIpc) is 2.73. The third-order valence-corrected chi connectivity index (χ3v) is 6.28. The van der Waals surface area contributed by atoms with Gasteiger partial charge in [-0.05, 0) is 29.1 Å². The molecule has 96 valence electrons. The lowest BCUT2D eigenvalue weighted by Gasteiger charge is -2.10. The van der Waals surface area contributed by atoms with Crippen molar-refractivity contribution < 1.29 is 8.42 Å². The summed E-state index contributed by atoms with van der Waals surface area (Å²) in [4.78, 5) is 1.20. The van der Waals surface area contributed by atoms with E-state index in [4.69, 9.17) is 11.6 Å². The van der Waals surface area contributed by atoms with Crippen LogP contribution in [0.4, 0.5) is 0 Å². The topological polar surface area (TPSA) is 34.1 Å². The van der Waals surface area contributed by atoms with Gasteiger partial charge in [0, 0.05) is 11.1 Å². The Balaban J connectivity index is 2.44. The summed E-state index contributed by atoms with van der Waals surface area (Å²) in [6.45, 7) is 0. The molecule has 1 atom stereocenters. The molecule has 1 aromatic heterocycles. The van der Waals surface area contributed by atoms with Gasteiger partial charge in [0.25, 0.3) is 0 Å². The van der Waals surface area contributed by atoms with E-state index < -0.39 is 9.84 Å². The molecule has 0 aliphatic rings. The summed E-state index contributed by atoms with van der Waals surface area (Å²) >= 11 is 11.2. The summed E-state index contributed by atoms with van der Waals surface area (Å²) < 4.78 is 23.0. The number of alkyl halides is 1. The Bertz CT molecular complexity index is 664. The molecule has 0 saturated carbocycles. The Hall–Kier alpha value is -0.360. The number of halogens is 2. The monoisotopic (exact) mass is 364 g/mol. The van der Waals surface area contributed by atoms with Crippen LogP contribution in [0.1, 0.15) is 15.3 Å². The Morgan fingerprint density at radius 2 is 2.06 bits per heavy atom. The lowest BCUT2D eigenvalue weighted by atomic mass is 10.1. The molecule has 18 heavy (non-hydrogen) atoms. The van der Waals surface area contributed by atoms with Gasteiger partial charge >= 0.3 is 0 Å². The normalized spacial score (nSPS) is 13.5. The lowest BCUT2D eigenvalue weighted by Crippen LogP contribution is -1.99. The second-order valence-corrected chi connectivity index (χ2v) is 8.13. The fourth-order valence-electron chi connectivity index (χ4n) is 1.54. The van der Waals surface area contributed by atoms with Crippen molar-refractivity contribution in [3.05, 3.63) is 51.2 Å². The van der Waals surface area contributed by atoms with E-state index in [1.807, 2.05) is 17.5 Å². The van der Waals surface area contributed by atoms with Gasteiger partial charge in [0.05, 0.1) is 14.7 Å². The van der Waals surface area contributed by atoms with E-state index in [9.17, 15) is 8.42 Å². The molecule has 0 amide bonds. The molecule has 1 heterocycles. The van der Waals surface area contributed by atoms with Crippen LogP contribution in [0.3, 0.4) is 0 Å². The summed E-state index contributed by atoms with van der Waals surface area (Å²) in [5, 5.41) is 2.60.